The normalized spacial score (nSPS) is 17.2. The highest BCUT2D eigenvalue weighted by atomic mass is 19.4. The molecule has 2 aromatic rings. The number of carbonyl (C=O) groups is 1. The number of carbonyl (C=O) groups excluding carboxylic acids is 1. The van der Waals surface area contributed by atoms with E-state index < -0.39 is 17.8 Å². The van der Waals surface area contributed by atoms with Gasteiger partial charge in [-0.25, -0.2) is 10.4 Å². The van der Waals surface area contributed by atoms with Gasteiger partial charge in [0.25, 0.3) is 5.91 Å². The molecule has 0 unspecified atom stereocenters. The van der Waals surface area contributed by atoms with Gasteiger partial charge < -0.3 is 9.97 Å². The lowest BCUT2D eigenvalue weighted by Crippen LogP contribution is -2.14. The molecule has 0 atom stereocenters. The van der Waals surface area contributed by atoms with E-state index in [1.807, 2.05) is 0 Å². The van der Waals surface area contributed by atoms with E-state index in [1.54, 1.807) is 6.20 Å². The number of amides is 1. The fourth-order valence-corrected chi connectivity index (χ4v) is 1.86. The molecular weight excluding hydrogens is 287 g/mol. The summed E-state index contributed by atoms with van der Waals surface area (Å²) in [6, 6.07) is 2.14. The SMILES string of the molecule is O=C1NN=C(c2ncc[nH]2)/C1=C/c1ccc(C(F)(F)F)[nH]1. The average molecular weight is 295 g/mol. The van der Waals surface area contributed by atoms with Gasteiger partial charge in [-0.15, -0.1) is 0 Å². The summed E-state index contributed by atoms with van der Waals surface area (Å²) < 4.78 is 37.6. The number of hydrogen-bond acceptors (Lipinski definition) is 3. The molecule has 0 aromatic carbocycles. The maximum absolute atomic E-state index is 12.5. The van der Waals surface area contributed by atoms with E-state index in [4.69, 9.17) is 0 Å². The maximum Gasteiger partial charge on any atom is 0.431 e. The highest BCUT2D eigenvalue weighted by molar-refractivity contribution is 6.32. The van der Waals surface area contributed by atoms with E-state index in [1.165, 1.54) is 18.3 Å². The third kappa shape index (κ3) is 2.45. The van der Waals surface area contributed by atoms with Crippen LogP contribution in [-0.4, -0.2) is 26.6 Å². The van der Waals surface area contributed by atoms with E-state index in [2.05, 4.69) is 25.5 Å². The van der Waals surface area contributed by atoms with Crippen molar-refractivity contribution in [2.24, 2.45) is 5.10 Å². The second-order valence-electron chi connectivity index (χ2n) is 4.22. The van der Waals surface area contributed by atoms with Crippen molar-refractivity contribution in [2.45, 2.75) is 6.18 Å². The zero-order chi connectivity index (χ0) is 15.0. The van der Waals surface area contributed by atoms with Crippen LogP contribution >= 0.6 is 0 Å². The van der Waals surface area contributed by atoms with Crippen LogP contribution in [-0.2, 0) is 11.0 Å². The Morgan fingerprint density at radius 1 is 1.24 bits per heavy atom. The molecule has 1 amide bonds. The number of aromatic nitrogens is 3. The minimum Gasteiger partial charge on any atom is -0.351 e. The molecule has 0 radical (unpaired) electrons. The van der Waals surface area contributed by atoms with Gasteiger partial charge in [-0.2, -0.15) is 18.3 Å². The third-order valence-corrected chi connectivity index (χ3v) is 2.81. The molecule has 3 N–H and O–H groups in total. The van der Waals surface area contributed by atoms with Crippen molar-refractivity contribution in [3.05, 3.63) is 47.3 Å². The molecule has 0 aliphatic carbocycles. The lowest BCUT2D eigenvalue weighted by atomic mass is 10.1. The van der Waals surface area contributed by atoms with Crippen molar-refractivity contribution in [1.82, 2.24) is 20.4 Å². The van der Waals surface area contributed by atoms with Crippen LogP contribution in [0.4, 0.5) is 13.2 Å². The zero-order valence-electron chi connectivity index (χ0n) is 10.3. The number of imidazole rings is 1. The van der Waals surface area contributed by atoms with Crippen molar-refractivity contribution in [1.29, 1.82) is 0 Å². The average Bonchev–Trinajstić information content (AvgIpc) is 3.11. The molecule has 3 heterocycles. The minimum absolute atomic E-state index is 0.125. The van der Waals surface area contributed by atoms with Crippen molar-refractivity contribution in [3.63, 3.8) is 0 Å². The quantitative estimate of drug-likeness (QED) is 0.736. The van der Waals surface area contributed by atoms with Crippen LogP contribution < -0.4 is 5.43 Å². The lowest BCUT2D eigenvalue weighted by molar-refractivity contribution is -0.140. The number of nitrogens with zero attached hydrogens (tertiary/aromatic N) is 2. The summed E-state index contributed by atoms with van der Waals surface area (Å²) in [5.74, 6) is -0.160. The summed E-state index contributed by atoms with van der Waals surface area (Å²) in [5.41, 5.74) is 1.88. The Hall–Kier alpha value is -2.84. The first-order chi connectivity index (χ1) is 9.95. The number of rotatable bonds is 2. The second kappa shape index (κ2) is 4.62. The van der Waals surface area contributed by atoms with Crippen LogP contribution in [0.5, 0.6) is 0 Å². The summed E-state index contributed by atoms with van der Waals surface area (Å²) in [7, 11) is 0. The smallest absolute Gasteiger partial charge is 0.351 e. The second-order valence-corrected chi connectivity index (χ2v) is 4.22. The summed E-state index contributed by atoms with van der Waals surface area (Å²) in [5, 5.41) is 3.81. The molecule has 9 heteroatoms. The topological polar surface area (TPSA) is 85.9 Å². The number of H-pyrrole nitrogens is 2. The Morgan fingerprint density at radius 2 is 2.05 bits per heavy atom. The van der Waals surface area contributed by atoms with E-state index in [9.17, 15) is 18.0 Å². The maximum atomic E-state index is 12.5. The molecular formula is C12H8F3N5O. The van der Waals surface area contributed by atoms with Crippen LogP contribution in [0.25, 0.3) is 6.08 Å². The van der Waals surface area contributed by atoms with Crippen LogP contribution in [0.1, 0.15) is 17.2 Å². The number of alkyl halides is 3. The van der Waals surface area contributed by atoms with Gasteiger partial charge in [-0.3, -0.25) is 4.79 Å². The molecule has 3 rings (SSSR count). The van der Waals surface area contributed by atoms with E-state index in [0.29, 0.717) is 5.82 Å². The molecule has 0 fully saturated rings. The molecule has 1 aliphatic heterocycles. The largest absolute Gasteiger partial charge is 0.431 e. The predicted octanol–water partition coefficient (Wildman–Crippen LogP) is 1.67. The van der Waals surface area contributed by atoms with Gasteiger partial charge in [0.05, 0.1) is 5.57 Å². The Balaban J connectivity index is 1.96. The fourth-order valence-electron chi connectivity index (χ4n) is 1.86. The van der Waals surface area contributed by atoms with Gasteiger partial charge in [0, 0.05) is 18.1 Å². The molecule has 108 valence electrons. The van der Waals surface area contributed by atoms with Crippen LogP contribution in [0.2, 0.25) is 0 Å². The molecule has 0 bridgehead atoms. The van der Waals surface area contributed by atoms with Gasteiger partial charge in [0.2, 0.25) is 0 Å². The summed E-state index contributed by atoms with van der Waals surface area (Å²) in [6.07, 6.45) is -0.144. The molecule has 0 saturated carbocycles. The van der Waals surface area contributed by atoms with Crippen molar-refractivity contribution in [3.8, 4) is 0 Å². The predicted molar refractivity (Wildman–Crippen MR) is 67.0 cm³/mol. The van der Waals surface area contributed by atoms with E-state index in [-0.39, 0.29) is 17.0 Å². The highest BCUT2D eigenvalue weighted by Crippen LogP contribution is 2.28. The highest BCUT2D eigenvalue weighted by Gasteiger charge is 2.32. The number of hydrazone groups is 1. The molecule has 2 aromatic heterocycles. The van der Waals surface area contributed by atoms with Gasteiger partial charge in [-0.1, -0.05) is 0 Å². The third-order valence-electron chi connectivity index (χ3n) is 2.81. The van der Waals surface area contributed by atoms with E-state index in [0.717, 1.165) is 6.07 Å². The standard InChI is InChI=1S/C12H8F3N5O/c13-12(14,15)8-2-1-6(18-8)5-7-9(19-20-11(7)21)10-16-3-4-17-10/h1-5,18H,(H,16,17)(H,20,21)/b7-5-. The Morgan fingerprint density at radius 3 is 2.67 bits per heavy atom. The van der Waals surface area contributed by atoms with Gasteiger partial charge >= 0.3 is 6.18 Å². The number of hydrogen-bond donors (Lipinski definition) is 3. The van der Waals surface area contributed by atoms with Crippen LogP contribution in [0.3, 0.4) is 0 Å². The molecule has 6 nitrogen and oxygen atoms in total. The Bertz CT molecular complexity index is 739. The monoisotopic (exact) mass is 295 g/mol. The van der Waals surface area contributed by atoms with Crippen molar-refractivity contribution >= 4 is 17.7 Å². The molecule has 0 saturated heterocycles. The minimum atomic E-state index is -4.47. The first-order valence-corrected chi connectivity index (χ1v) is 5.81. The van der Waals surface area contributed by atoms with Crippen LogP contribution in [0.15, 0.2) is 35.2 Å². The molecule has 21 heavy (non-hydrogen) atoms. The van der Waals surface area contributed by atoms with Crippen LogP contribution in [0, 0.1) is 0 Å². The fraction of sp³-hybridized carbons (Fsp3) is 0.0833. The van der Waals surface area contributed by atoms with Gasteiger partial charge in [-0.05, 0) is 18.2 Å². The Labute approximate surface area is 115 Å². The van der Waals surface area contributed by atoms with Gasteiger partial charge in [0.15, 0.2) is 5.82 Å². The first kappa shape index (κ1) is 13.2. The summed E-state index contributed by atoms with van der Waals surface area (Å²) in [6.45, 7) is 0. The van der Waals surface area contributed by atoms with Crippen molar-refractivity contribution in [2.75, 3.05) is 0 Å². The Kier molecular flexibility index (Phi) is 2.89. The summed E-state index contributed by atoms with van der Waals surface area (Å²) >= 11 is 0. The zero-order valence-corrected chi connectivity index (χ0v) is 10.3. The number of halogens is 3. The summed E-state index contributed by atoms with van der Waals surface area (Å²) in [4.78, 5) is 20.7. The van der Waals surface area contributed by atoms with Crippen molar-refractivity contribution < 1.29 is 18.0 Å². The lowest BCUT2D eigenvalue weighted by Gasteiger charge is -2.02. The molecule has 1 aliphatic rings. The first-order valence-electron chi connectivity index (χ1n) is 5.81. The number of nitrogens with one attached hydrogen (secondary N) is 3. The van der Waals surface area contributed by atoms with Gasteiger partial charge in [0.1, 0.15) is 11.4 Å². The van der Waals surface area contributed by atoms with E-state index >= 15 is 0 Å². The number of aromatic amines is 2. The molecule has 0 spiro atoms.